The fraction of sp³-hybridized carbons (Fsp3) is 0.222. The molecule has 4 heteroatoms. The maximum Gasteiger partial charge on any atom is 0.330 e. The van der Waals surface area contributed by atoms with Gasteiger partial charge in [0.2, 0.25) is 5.91 Å². The van der Waals surface area contributed by atoms with E-state index in [4.69, 9.17) is 4.74 Å². The Balaban J connectivity index is 2.75. The van der Waals surface area contributed by atoms with Crippen LogP contribution in [0.15, 0.2) is 60.7 Å². The van der Waals surface area contributed by atoms with Gasteiger partial charge in [0.1, 0.15) is 0 Å². The quantitative estimate of drug-likeness (QED) is 0.680. The zero-order valence-corrected chi connectivity index (χ0v) is 12.7. The standard InChI is InChI=1S/C18H19NO3/c1-3-22-17(21)18(16(20)19-2,14-10-6-4-7-11-14)15-12-8-5-9-13-15/h4-13H,3H2,1-2H3,(H,19,20). The number of nitrogens with one attached hydrogen (secondary N) is 1. The number of benzene rings is 2. The van der Waals surface area contributed by atoms with E-state index in [1.54, 1.807) is 55.5 Å². The first-order valence-electron chi connectivity index (χ1n) is 7.18. The van der Waals surface area contributed by atoms with E-state index in [1.165, 1.54) is 7.05 Å². The molecular weight excluding hydrogens is 278 g/mol. The second-order valence-electron chi connectivity index (χ2n) is 4.78. The predicted octanol–water partition coefficient (Wildman–Crippen LogP) is 2.28. The highest BCUT2D eigenvalue weighted by Gasteiger charge is 2.50. The maximum absolute atomic E-state index is 12.8. The van der Waals surface area contributed by atoms with Gasteiger partial charge < -0.3 is 10.1 Å². The van der Waals surface area contributed by atoms with Crippen molar-refractivity contribution in [2.75, 3.05) is 13.7 Å². The maximum atomic E-state index is 12.8. The van der Waals surface area contributed by atoms with Crippen molar-refractivity contribution in [2.24, 2.45) is 0 Å². The van der Waals surface area contributed by atoms with E-state index >= 15 is 0 Å². The summed E-state index contributed by atoms with van der Waals surface area (Å²) in [6, 6.07) is 17.9. The number of hydrogen-bond acceptors (Lipinski definition) is 3. The van der Waals surface area contributed by atoms with Crippen LogP contribution >= 0.6 is 0 Å². The molecule has 2 aromatic rings. The van der Waals surface area contributed by atoms with Gasteiger partial charge in [-0.1, -0.05) is 60.7 Å². The van der Waals surface area contributed by atoms with Crippen LogP contribution in [0.25, 0.3) is 0 Å². The zero-order chi connectivity index (χ0) is 16.0. The minimum atomic E-state index is -1.51. The van der Waals surface area contributed by atoms with Crippen LogP contribution in [0.5, 0.6) is 0 Å². The fourth-order valence-corrected chi connectivity index (χ4v) is 2.56. The van der Waals surface area contributed by atoms with Crippen LogP contribution in [0.3, 0.4) is 0 Å². The lowest BCUT2D eigenvalue weighted by atomic mass is 9.73. The zero-order valence-electron chi connectivity index (χ0n) is 12.7. The summed E-state index contributed by atoms with van der Waals surface area (Å²) in [4.78, 5) is 25.5. The fourth-order valence-electron chi connectivity index (χ4n) is 2.56. The minimum Gasteiger partial charge on any atom is -0.465 e. The SMILES string of the molecule is CCOC(=O)C(C(=O)NC)(c1ccccc1)c1ccccc1. The summed E-state index contributed by atoms with van der Waals surface area (Å²) in [5.74, 6) is -0.991. The second-order valence-corrected chi connectivity index (χ2v) is 4.78. The van der Waals surface area contributed by atoms with Crippen molar-refractivity contribution in [1.82, 2.24) is 5.32 Å². The lowest BCUT2D eigenvalue weighted by Crippen LogP contribution is -2.51. The smallest absolute Gasteiger partial charge is 0.330 e. The van der Waals surface area contributed by atoms with Crippen molar-refractivity contribution >= 4 is 11.9 Å². The Morgan fingerprint density at radius 1 is 0.955 bits per heavy atom. The first kappa shape index (κ1) is 15.8. The van der Waals surface area contributed by atoms with Crippen LogP contribution in [0, 0.1) is 0 Å². The van der Waals surface area contributed by atoms with Gasteiger partial charge in [0.15, 0.2) is 5.41 Å². The van der Waals surface area contributed by atoms with Crippen molar-refractivity contribution < 1.29 is 14.3 Å². The molecule has 114 valence electrons. The number of amides is 1. The largest absolute Gasteiger partial charge is 0.465 e. The molecule has 0 bridgehead atoms. The predicted molar refractivity (Wildman–Crippen MR) is 84.4 cm³/mol. The van der Waals surface area contributed by atoms with Crippen molar-refractivity contribution in [2.45, 2.75) is 12.3 Å². The molecule has 2 rings (SSSR count). The van der Waals surface area contributed by atoms with Crippen LogP contribution in [-0.2, 0) is 19.7 Å². The van der Waals surface area contributed by atoms with E-state index in [1.807, 2.05) is 12.1 Å². The molecule has 0 aliphatic rings. The van der Waals surface area contributed by atoms with E-state index < -0.39 is 17.3 Å². The Hall–Kier alpha value is -2.62. The molecular formula is C18H19NO3. The minimum absolute atomic E-state index is 0.206. The molecule has 0 unspecified atom stereocenters. The van der Waals surface area contributed by atoms with Crippen molar-refractivity contribution in [1.29, 1.82) is 0 Å². The highest BCUT2D eigenvalue weighted by Crippen LogP contribution is 2.34. The van der Waals surface area contributed by atoms with Gasteiger partial charge in [-0.05, 0) is 18.1 Å². The Morgan fingerprint density at radius 2 is 1.41 bits per heavy atom. The Labute approximate surface area is 130 Å². The average molecular weight is 297 g/mol. The lowest BCUT2D eigenvalue weighted by molar-refractivity contribution is -0.152. The molecule has 0 radical (unpaired) electrons. The number of esters is 1. The Morgan fingerprint density at radius 3 is 1.77 bits per heavy atom. The number of ether oxygens (including phenoxy) is 1. The van der Waals surface area contributed by atoms with Gasteiger partial charge in [-0.15, -0.1) is 0 Å². The monoisotopic (exact) mass is 297 g/mol. The lowest BCUT2D eigenvalue weighted by Gasteiger charge is -2.30. The van der Waals surface area contributed by atoms with Gasteiger partial charge in [0.25, 0.3) is 0 Å². The molecule has 0 spiro atoms. The summed E-state index contributed by atoms with van der Waals surface area (Å²) in [6.45, 7) is 1.93. The summed E-state index contributed by atoms with van der Waals surface area (Å²) in [5, 5.41) is 2.60. The normalized spacial score (nSPS) is 10.8. The molecule has 22 heavy (non-hydrogen) atoms. The van der Waals surface area contributed by atoms with Crippen LogP contribution in [0.1, 0.15) is 18.1 Å². The Bertz CT molecular complexity index is 598. The number of carbonyl (C=O) groups excluding carboxylic acids is 2. The van der Waals surface area contributed by atoms with Crippen LogP contribution < -0.4 is 5.32 Å². The number of likely N-dealkylation sites (N-methyl/N-ethyl adjacent to an activating group) is 1. The van der Waals surface area contributed by atoms with Crippen LogP contribution in [-0.4, -0.2) is 25.5 Å². The average Bonchev–Trinajstić information content (AvgIpc) is 2.57. The van der Waals surface area contributed by atoms with Gasteiger partial charge in [-0.3, -0.25) is 9.59 Å². The van der Waals surface area contributed by atoms with Gasteiger partial charge in [0, 0.05) is 7.05 Å². The first-order valence-corrected chi connectivity index (χ1v) is 7.18. The molecule has 1 amide bonds. The van der Waals surface area contributed by atoms with E-state index in [9.17, 15) is 9.59 Å². The summed E-state index contributed by atoms with van der Waals surface area (Å²) in [7, 11) is 1.52. The molecule has 0 atom stereocenters. The third kappa shape index (κ3) is 2.60. The van der Waals surface area contributed by atoms with Crippen LogP contribution in [0.2, 0.25) is 0 Å². The highest BCUT2D eigenvalue weighted by molar-refractivity contribution is 6.12. The summed E-state index contributed by atoms with van der Waals surface area (Å²) >= 11 is 0. The summed E-state index contributed by atoms with van der Waals surface area (Å²) in [5.41, 5.74) is -0.342. The number of hydrogen-bond donors (Lipinski definition) is 1. The molecule has 2 aromatic carbocycles. The third-order valence-corrected chi connectivity index (χ3v) is 3.56. The van der Waals surface area contributed by atoms with Crippen molar-refractivity contribution in [3.8, 4) is 0 Å². The summed E-state index contributed by atoms with van der Waals surface area (Å²) in [6.07, 6.45) is 0. The molecule has 0 aliphatic carbocycles. The van der Waals surface area contributed by atoms with Gasteiger partial charge in [-0.25, -0.2) is 0 Å². The molecule has 0 aromatic heterocycles. The van der Waals surface area contributed by atoms with E-state index in [-0.39, 0.29) is 6.61 Å². The van der Waals surface area contributed by atoms with E-state index in [0.29, 0.717) is 11.1 Å². The summed E-state index contributed by atoms with van der Waals surface area (Å²) < 4.78 is 5.24. The third-order valence-electron chi connectivity index (χ3n) is 3.56. The molecule has 1 N–H and O–H groups in total. The molecule has 0 aliphatic heterocycles. The topological polar surface area (TPSA) is 55.4 Å². The highest BCUT2D eigenvalue weighted by atomic mass is 16.5. The number of carbonyl (C=O) groups is 2. The molecule has 0 saturated carbocycles. The van der Waals surface area contributed by atoms with E-state index in [0.717, 1.165) is 0 Å². The molecule has 4 nitrogen and oxygen atoms in total. The first-order chi connectivity index (χ1) is 10.7. The molecule has 0 saturated heterocycles. The van der Waals surface area contributed by atoms with Gasteiger partial charge in [-0.2, -0.15) is 0 Å². The van der Waals surface area contributed by atoms with Crippen molar-refractivity contribution in [3.05, 3.63) is 71.8 Å². The van der Waals surface area contributed by atoms with Crippen molar-refractivity contribution in [3.63, 3.8) is 0 Å². The van der Waals surface area contributed by atoms with Gasteiger partial charge >= 0.3 is 5.97 Å². The number of rotatable bonds is 5. The van der Waals surface area contributed by atoms with Crippen LogP contribution in [0.4, 0.5) is 0 Å². The Kier molecular flexibility index (Phi) is 4.94. The molecule has 0 heterocycles. The molecule has 0 fully saturated rings. The van der Waals surface area contributed by atoms with Gasteiger partial charge in [0.05, 0.1) is 6.61 Å². The van der Waals surface area contributed by atoms with E-state index in [2.05, 4.69) is 5.32 Å². The second kappa shape index (κ2) is 6.89.